The Kier molecular flexibility index (Phi) is 3.84. The highest BCUT2D eigenvalue weighted by atomic mass is 16.1. The van der Waals surface area contributed by atoms with Gasteiger partial charge < -0.3 is 10.6 Å². The van der Waals surface area contributed by atoms with E-state index in [0.29, 0.717) is 5.92 Å². The molecule has 1 aliphatic carbocycles. The van der Waals surface area contributed by atoms with E-state index < -0.39 is 5.91 Å². The van der Waals surface area contributed by atoms with Gasteiger partial charge in [0.1, 0.15) is 6.33 Å². The van der Waals surface area contributed by atoms with Gasteiger partial charge in [0, 0.05) is 12.6 Å². The van der Waals surface area contributed by atoms with E-state index in [-0.39, 0.29) is 5.82 Å². The SMILES string of the molecule is C[C@H]1CCCN1C[C@H]1C[C@@H]1c1ccc(-n2cnc(C(N)=O)n2)cc1. The molecule has 2 N–H and O–H groups in total. The van der Waals surface area contributed by atoms with Crippen molar-refractivity contribution in [3.05, 3.63) is 42.0 Å². The zero-order valence-corrected chi connectivity index (χ0v) is 13.9. The minimum absolute atomic E-state index is 0.0427. The van der Waals surface area contributed by atoms with Gasteiger partial charge in [0.2, 0.25) is 5.82 Å². The van der Waals surface area contributed by atoms with Crippen LogP contribution in [0.5, 0.6) is 0 Å². The third kappa shape index (κ3) is 2.94. The summed E-state index contributed by atoms with van der Waals surface area (Å²) in [4.78, 5) is 17.6. The molecule has 0 radical (unpaired) electrons. The standard InChI is InChI=1S/C18H23N5O/c1-12-3-2-8-22(12)10-14-9-16(14)13-4-6-15(7-5-13)23-11-20-18(21-23)17(19)24/h4-7,11-12,14,16H,2-3,8-10H2,1H3,(H2,19,24)/t12-,14+,16+/m0/s1. The Hall–Kier alpha value is -2.21. The van der Waals surface area contributed by atoms with Crippen molar-refractivity contribution in [2.24, 2.45) is 11.7 Å². The highest BCUT2D eigenvalue weighted by Crippen LogP contribution is 2.48. The topological polar surface area (TPSA) is 77.0 Å². The van der Waals surface area contributed by atoms with Crippen molar-refractivity contribution >= 4 is 5.91 Å². The summed E-state index contributed by atoms with van der Waals surface area (Å²) in [7, 11) is 0. The molecule has 2 heterocycles. The molecule has 0 unspecified atom stereocenters. The number of amides is 1. The highest BCUT2D eigenvalue weighted by molar-refractivity contribution is 5.88. The summed E-state index contributed by atoms with van der Waals surface area (Å²) in [6, 6.07) is 9.14. The van der Waals surface area contributed by atoms with Crippen molar-refractivity contribution < 1.29 is 4.79 Å². The lowest BCUT2D eigenvalue weighted by molar-refractivity contribution is 0.0990. The van der Waals surface area contributed by atoms with Gasteiger partial charge in [0.15, 0.2) is 0 Å². The third-order valence-corrected chi connectivity index (χ3v) is 5.38. The summed E-state index contributed by atoms with van der Waals surface area (Å²) in [5, 5.41) is 4.09. The lowest BCUT2D eigenvalue weighted by Crippen LogP contribution is -2.29. The first kappa shape index (κ1) is 15.3. The van der Waals surface area contributed by atoms with Crippen LogP contribution in [0, 0.1) is 5.92 Å². The van der Waals surface area contributed by atoms with Crippen LogP contribution in [0.3, 0.4) is 0 Å². The quantitative estimate of drug-likeness (QED) is 0.911. The highest BCUT2D eigenvalue weighted by Gasteiger charge is 2.40. The lowest BCUT2D eigenvalue weighted by atomic mass is 10.1. The predicted molar refractivity (Wildman–Crippen MR) is 91.0 cm³/mol. The Morgan fingerprint density at radius 2 is 2.12 bits per heavy atom. The Morgan fingerprint density at radius 3 is 2.75 bits per heavy atom. The van der Waals surface area contributed by atoms with E-state index in [1.165, 1.54) is 44.2 Å². The molecule has 126 valence electrons. The minimum atomic E-state index is -0.609. The van der Waals surface area contributed by atoms with Crippen LogP contribution in [0.15, 0.2) is 30.6 Å². The zero-order valence-electron chi connectivity index (χ0n) is 13.9. The maximum atomic E-state index is 11.1. The molecule has 4 rings (SSSR count). The van der Waals surface area contributed by atoms with Gasteiger partial charge in [-0.1, -0.05) is 12.1 Å². The number of aromatic nitrogens is 3. The molecule has 24 heavy (non-hydrogen) atoms. The molecule has 2 aromatic rings. The molecule has 1 aromatic heterocycles. The summed E-state index contributed by atoms with van der Waals surface area (Å²) in [6.07, 6.45) is 5.50. The molecule has 0 bridgehead atoms. The lowest BCUT2D eigenvalue weighted by Gasteiger charge is -2.20. The van der Waals surface area contributed by atoms with Gasteiger partial charge in [0.05, 0.1) is 5.69 Å². The number of carbonyl (C=O) groups excluding carboxylic acids is 1. The maximum absolute atomic E-state index is 11.1. The van der Waals surface area contributed by atoms with Gasteiger partial charge >= 0.3 is 0 Å². The van der Waals surface area contributed by atoms with Gasteiger partial charge in [-0.2, -0.15) is 0 Å². The molecule has 2 aliphatic rings. The van der Waals surface area contributed by atoms with Crippen LogP contribution in [0.4, 0.5) is 0 Å². The van der Waals surface area contributed by atoms with Crippen LogP contribution < -0.4 is 5.73 Å². The number of nitrogens with zero attached hydrogens (tertiary/aromatic N) is 4. The summed E-state index contributed by atoms with van der Waals surface area (Å²) >= 11 is 0. The number of rotatable bonds is 5. The average Bonchev–Trinajstić information content (AvgIpc) is 2.96. The molecule has 2 fully saturated rings. The van der Waals surface area contributed by atoms with Crippen LogP contribution in [0.25, 0.3) is 5.69 Å². The number of carbonyl (C=O) groups is 1. The number of hydrogen-bond donors (Lipinski definition) is 1. The van der Waals surface area contributed by atoms with Gasteiger partial charge in [-0.15, -0.1) is 5.10 Å². The van der Waals surface area contributed by atoms with E-state index in [1.807, 2.05) is 12.1 Å². The van der Waals surface area contributed by atoms with Gasteiger partial charge in [-0.25, -0.2) is 9.67 Å². The second-order valence-corrected chi connectivity index (χ2v) is 7.06. The summed E-state index contributed by atoms with van der Waals surface area (Å²) < 4.78 is 1.58. The fourth-order valence-corrected chi connectivity index (χ4v) is 3.80. The Morgan fingerprint density at radius 1 is 1.33 bits per heavy atom. The molecule has 1 amide bonds. The van der Waals surface area contributed by atoms with Crippen molar-refractivity contribution in [3.8, 4) is 5.69 Å². The summed E-state index contributed by atoms with van der Waals surface area (Å²) in [6.45, 7) is 4.84. The smallest absolute Gasteiger partial charge is 0.288 e. The Bertz CT molecular complexity index is 738. The molecular weight excluding hydrogens is 302 g/mol. The number of likely N-dealkylation sites (tertiary alicyclic amines) is 1. The van der Waals surface area contributed by atoms with Crippen molar-refractivity contribution in [2.45, 2.75) is 38.1 Å². The number of nitrogens with two attached hydrogens (primary N) is 1. The van der Waals surface area contributed by atoms with Crippen LogP contribution in [-0.4, -0.2) is 44.7 Å². The van der Waals surface area contributed by atoms with E-state index in [4.69, 9.17) is 5.73 Å². The zero-order chi connectivity index (χ0) is 16.7. The van der Waals surface area contributed by atoms with Gasteiger partial charge in [-0.05, 0) is 62.3 Å². The monoisotopic (exact) mass is 325 g/mol. The Balaban J connectivity index is 1.40. The molecule has 1 saturated heterocycles. The van der Waals surface area contributed by atoms with E-state index in [0.717, 1.165) is 17.6 Å². The first-order valence-electron chi connectivity index (χ1n) is 8.67. The van der Waals surface area contributed by atoms with Crippen molar-refractivity contribution in [2.75, 3.05) is 13.1 Å². The second kappa shape index (κ2) is 6.02. The minimum Gasteiger partial charge on any atom is -0.363 e. The normalized spacial score (nSPS) is 26.6. The van der Waals surface area contributed by atoms with Crippen LogP contribution in [-0.2, 0) is 0 Å². The molecule has 6 heteroatoms. The molecule has 0 spiro atoms. The molecule has 3 atom stereocenters. The van der Waals surface area contributed by atoms with E-state index in [2.05, 4.69) is 34.0 Å². The Labute approximate surface area is 141 Å². The molecule has 1 saturated carbocycles. The van der Waals surface area contributed by atoms with Gasteiger partial charge in [-0.3, -0.25) is 4.79 Å². The first-order valence-corrected chi connectivity index (χ1v) is 8.67. The second-order valence-electron chi connectivity index (χ2n) is 7.06. The molecule has 1 aromatic carbocycles. The van der Waals surface area contributed by atoms with Crippen molar-refractivity contribution in [1.29, 1.82) is 0 Å². The molecular formula is C18H23N5O. The molecule has 6 nitrogen and oxygen atoms in total. The summed E-state index contributed by atoms with van der Waals surface area (Å²) in [5.41, 5.74) is 7.48. The van der Waals surface area contributed by atoms with Crippen LogP contribution in [0.2, 0.25) is 0 Å². The van der Waals surface area contributed by atoms with Crippen LogP contribution in [0.1, 0.15) is 48.3 Å². The number of hydrogen-bond acceptors (Lipinski definition) is 4. The fraction of sp³-hybridized carbons (Fsp3) is 0.500. The fourth-order valence-electron chi connectivity index (χ4n) is 3.80. The number of primary amides is 1. The van der Waals surface area contributed by atoms with Crippen LogP contribution >= 0.6 is 0 Å². The average molecular weight is 325 g/mol. The third-order valence-electron chi connectivity index (χ3n) is 5.38. The van der Waals surface area contributed by atoms with E-state index >= 15 is 0 Å². The first-order chi connectivity index (χ1) is 11.6. The van der Waals surface area contributed by atoms with E-state index in [1.54, 1.807) is 4.68 Å². The maximum Gasteiger partial charge on any atom is 0.288 e. The van der Waals surface area contributed by atoms with Gasteiger partial charge in [0.25, 0.3) is 5.91 Å². The van der Waals surface area contributed by atoms with E-state index in [9.17, 15) is 4.79 Å². The molecule has 1 aliphatic heterocycles. The van der Waals surface area contributed by atoms with Crippen molar-refractivity contribution in [1.82, 2.24) is 19.7 Å². The van der Waals surface area contributed by atoms with Crippen molar-refractivity contribution in [3.63, 3.8) is 0 Å². The number of benzene rings is 1. The predicted octanol–water partition coefficient (Wildman–Crippen LogP) is 1.95. The largest absolute Gasteiger partial charge is 0.363 e. The summed E-state index contributed by atoms with van der Waals surface area (Å²) in [5.74, 6) is 0.913.